The predicted octanol–water partition coefficient (Wildman–Crippen LogP) is 4.47. The molecule has 0 radical (unpaired) electrons. The average Bonchev–Trinajstić information content (AvgIpc) is 3.48. The molecular weight excluding hydrogens is 424 g/mol. The van der Waals surface area contributed by atoms with Crippen LogP contribution in [-0.2, 0) is 16.7 Å². The Balaban J connectivity index is 1.33. The molecule has 1 aromatic carbocycles. The zero-order valence-electron chi connectivity index (χ0n) is 19.8. The number of hydrogen-bond acceptors (Lipinski definition) is 6. The van der Waals surface area contributed by atoms with E-state index in [1.807, 2.05) is 18.7 Å². The number of nitrogens with zero attached hydrogens (tertiary/aromatic N) is 6. The van der Waals surface area contributed by atoms with E-state index in [1.165, 1.54) is 0 Å². The van der Waals surface area contributed by atoms with Gasteiger partial charge in [-0.3, -0.25) is 4.98 Å². The molecule has 7 heteroatoms. The number of morpholine rings is 1. The Morgan fingerprint density at radius 2 is 1.74 bits per heavy atom. The second-order valence-electron chi connectivity index (χ2n) is 9.87. The van der Waals surface area contributed by atoms with E-state index < -0.39 is 0 Å². The third-order valence-corrected chi connectivity index (χ3v) is 6.56. The standard InChI is InChI=1S/C27H28N6O/c1-27(2,3)33-17-30-21-7-4-18(14-24(21)33)20-6-8-22-26(20)31-23(16-28-22)19-5-9-25(29-15-19)32-10-12-34-13-11-32/h4-7,9,14-17H,8,10-13H2,1-3H3. The van der Waals surface area contributed by atoms with Gasteiger partial charge in [0.25, 0.3) is 0 Å². The highest BCUT2D eigenvalue weighted by atomic mass is 16.5. The van der Waals surface area contributed by atoms with E-state index in [-0.39, 0.29) is 5.54 Å². The summed E-state index contributed by atoms with van der Waals surface area (Å²) in [5, 5.41) is 0. The van der Waals surface area contributed by atoms with Gasteiger partial charge in [0.2, 0.25) is 0 Å². The minimum Gasteiger partial charge on any atom is -0.378 e. The second-order valence-corrected chi connectivity index (χ2v) is 9.87. The zero-order chi connectivity index (χ0) is 23.3. The lowest BCUT2D eigenvalue weighted by atomic mass is 10.0. The Labute approximate surface area is 199 Å². The highest BCUT2D eigenvalue weighted by Crippen LogP contribution is 2.34. The van der Waals surface area contributed by atoms with Gasteiger partial charge in [-0.25, -0.2) is 15.0 Å². The van der Waals surface area contributed by atoms with Gasteiger partial charge in [-0.15, -0.1) is 0 Å². The number of anilines is 1. The lowest BCUT2D eigenvalue weighted by Crippen LogP contribution is -2.36. The van der Waals surface area contributed by atoms with Gasteiger partial charge in [-0.1, -0.05) is 12.1 Å². The van der Waals surface area contributed by atoms with Crippen LogP contribution in [0.25, 0.3) is 27.9 Å². The molecule has 0 amide bonds. The molecule has 172 valence electrons. The smallest absolute Gasteiger partial charge is 0.128 e. The number of allylic oxidation sites excluding steroid dienone is 1. The van der Waals surface area contributed by atoms with E-state index in [0.29, 0.717) is 0 Å². The molecule has 3 aromatic heterocycles. The van der Waals surface area contributed by atoms with Crippen LogP contribution in [0.1, 0.15) is 37.7 Å². The van der Waals surface area contributed by atoms with Gasteiger partial charge in [0.1, 0.15) is 5.82 Å². The van der Waals surface area contributed by atoms with Crippen LogP contribution < -0.4 is 4.90 Å². The van der Waals surface area contributed by atoms with E-state index in [4.69, 9.17) is 14.7 Å². The molecule has 0 saturated carbocycles. The lowest BCUT2D eigenvalue weighted by molar-refractivity contribution is 0.122. The summed E-state index contributed by atoms with van der Waals surface area (Å²) in [6.45, 7) is 9.83. The number of aromatic nitrogens is 5. The Morgan fingerprint density at radius 1 is 0.912 bits per heavy atom. The first-order valence-electron chi connectivity index (χ1n) is 11.8. The number of fused-ring (bicyclic) bond motifs is 2. The van der Waals surface area contributed by atoms with Crippen LogP contribution in [-0.4, -0.2) is 50.8 Å². The molecular formula is C27H28N6O. The first-order chi connectivity index (χ1) is 16.5. The number of benzene rings is 1. The van der Waals surface area contributed by atoms with Crippen molar-refractivity contribution in [3.63, 3.8) is 0 Å². The van der Waals surface area contributed by atoms with Crippen molar-refractivity contribution >= 4 is 22.4 Å². The molecule has 2 aliphatic rings. The van der Waals surface area contributed by atoms with Crippen LogP contribution in [0.4, 0.5) is 5.82 Å². The summed E-state index contributed by atoms with van der Waals surface area (Å²) < 4.78 is 7.68. The molecule has 1 aliphatic carbocycles. The normalized spacial score (nSPS) is 16.1. The van der Waals surface area contributed by atoms with E-state index in [0.717, 1.165) is 83.4 Å². The molecule has 4 aromatic rings. The van der Waals surface area contributed by atoms with Gasteiger partial charge in [0, 0.05) is 42.4 Å². The Kier molecular flexibility index (Phi) is 4.95. The summed E-state index contributed by atoms with van der Waals surface area (Å²) in [5.41, 5.74) is 8.15. The van der Waals surface area contributed by atoms with Crippen LogP contribution in [0.5, 0.6) is 0 Å². The summed E-state index contributed by atoms with van der Waals surface area (Å²) >= 11 is 0. The molecule has 0 atom stereocenters. The molecule has 1 saturated heterocycles. The van der Waals surface area contributed by atoms with Gasteiger partial charge in [0.05, 0.1) is 53.9 Å². The Hall–Kier alpha value is -3.58. The van der Waals surface area contributed by atoms with Gasteiger partial charge in [0.15, 0.2) is 0 Å². The maximum Gasteiger partial charge on any atom is 0.128 e. The minimum atomic E-state index is -0.0390. The van der Waals surface area contributed by atoms with Gasteiger partial charge < -0.3 is 14.2 Å². The van der Waals surface area contributed by atoms with Crippen LogP contribution in [0, 0.1) is 0 Å². The molecule has 0 bridgehead atoms. The van der Waals surface area contributed by atoms with Crippen molar-refractivity contribution < 1.29 is 4.74 Å². The predicted molar refractivity (Wildman–Crippen MR) is 134 cm³/mol. The molecule has 4 heterocycles. The monoisotopic (exact) mass is 452 g/mol. The first kappa shape index (κ1) is 21.0. The van der Waals surface area contributed by atoms with Crippen molar-refractivity contribution in [2.75, 3.05) is 31.2 Å². The summed E-state index contributed by atoms with van der Waals surface area (Å²) in [4.78, 5) is 21.3. The van der Waals surface area contributed by atoms with Crippen molar-refractivity contribution in [3.8, 4) is 11.3 Å². The van der Waals surface area contributed by atoms with Crippen molar-refractivity contribution in [2.45, 2.75) is 32.7 Å². The molecule has 6 rings (SSSR count). The summed E-state index contributed by atoms with van der Waals surface area (Å²) in [7, 11) is 0. The zero-order valence-corrected chi connectivity index (χ0v) is 19.8. The van der Waals surface area contributed by atoms with Gasteiger partial charge >= 0.3 is 0 Å². The Bertz CT molecular complexity index is 1390. The molecule has 0 spiro atoms. The highest BCUT2D eigenvalue weighted by Gasteiger charge is 2.22. The van der Waals surface area contributed by atoms with Crippen molar-refractivity contribution in [3.05, 3.63) is 72.1 Å². The van der Waals surface area contributed by atoms with Crippen molar-refractivity contribution in [2.24, 2.45) is 0 Å². The number of imidazole rings is 1. The molecule has 0 unspecified atom stereocenters. The summed E-state index contributed by atoms with van der Waals surface area (Å²) in [6, 6.07) is 10.6. The lowest BCUT2D eigenvalue weighted by Gasteiger charge is -2.27. The average molecular weight is 453 g/mol. The minimum absolute atomic E-state index is 0.0390. The largest absolute Gasteiger partial charge is 0.378 e. The van der Waals surface area contributed by atoms with E-state index in [2.05, 4.69) is 76.6 Å². The van der Waals surface area contributed by atoms with Crippen molar-refractivity contribution in [1.82, 2.24) is 24.5 Å². The molecule has 7 nitrogen and oxygen atoms in total. The number of ether oxygens (including phenoxy) is 1. The van der Waals surface area contributed by atoms with E-state index in [9.17, 15) is 0 Å². The number of hydrogen-bond donors (Lipinski definition) is 0. The van der Waals surface area contributed by atoms with Crippen LogP contribution in [0.15, 0.2) is 55.1 Å². The molecule has 1 fully saturated rings. The molecule has 34 heavy (non-hydrogen) atoms. The summed E-state index contributed by atoms with van der Waals surface area (Å²) in [5.74, 6) is 0.977. The van der Waals surface area contributed by atoms with Crippen LogP contribution in [0.2, 0.25) is 0 Å². The fourth-order valence-electron chi connectivity index (χ4n) is 4.70. The van der Waals surface area contributed by atoms with Gasteiger partial charge in [-0.05, 0) is 50.6 Å². The quantitative estimate of drug-likeness (QED) is 0.457. The SMILES string of the molecule is CC(C)(C)n1cnc2ccc(C3=CCc4ncc(-c5ccc(N6CCOCC6)nc5)nc43)cc21. The number of pyridine rings is 1. The number of rotatable bonds is 3. The molecule has 1 aliphatic heterocycles. The third kappa shape index (κ3) is 3.66. The van der Waals surface area contributed by atoms with E-state index in [1.54, 1.807) is 0 Å². The topological polar surface area (TPSA) is 69.0 Å². The van der Waals surface area contributed by atoms with E-state index >= 15 is 0 Å². The van der Waals surface area contributed by atoms with Gasteiger partial charge in [-0.2, -0.15) is 0 Å². The maximum absolute atomic E-state index is 5.45. The van der Waals surface area contributed by atoms with Crippen molar-refractivity contribution in [1.29, 1.82) is 0 Å². The fraction of sp³-hybridized carbons (Fsp3) is 0.333. The second kappa shape index (κ2) is 8.02. The molecule has 0 N–H and O–H groups in total. The third-order valence-electron chi connectivity index (χ3n) is 6.56. The maximum atomic E-state index is 5.45. The van der Waals surface area contributed by atoms with Crippen LogP contribution >= 0.6 is 0 Å². The summed E-state index contributed by atoms with van der Waals surface area (Å²) in [6.07, 6.45) is 8.71. The fourth-order valence-corrected chi connectivity index (χ4v) is 4.70. The Morgan fingerprint density at radius 3 is 2.50 bits per heavy atom. The van der Waals surface area contributed by atoms with Crippen LogP contribution in [0.3, 0.4) is 0 Å². The highest BCUT2D eigenvalue weighted by molar-refractivity contribution is 5.88. The first-order valence-corrected chi connectivity index (χ1v) is 11.8.